The molecule has 0 fully saturated rings. The third-order valence-electron chi connectivity index (χ3n) is 1.96. The van der Waals surface area contributed by atoms with Crippen molar-refractivity contribution in [2.24, 2.45) is 0 Å². The van der Waals surface area contributed by atoms with Gasteiger partial charge in [-0.25, -0.2) is 4.79 Å². The van der Waals surface area contributed by atoms with Gasteiger partial charge in [-0.05, 0) is 33.3 Å². The van der Waals surface area contributed by atoms with Crippen LogP contribution in [0.2, 0.25) is 0 Å². The summed E-state index contributed by atoms with van der Waals surface area (Å²) in [6.45, 7) is 7.48. The monoisotopic (exact) mass is 213 g/mol. The van der Waals surface area contributed by atoms with E-state index in [4.69, 9.17) is 10.5 Å². The second-order valence-electron chi connectivity index (χ2n) is 3.48. The fourth-order valence-corrected chi connectivity index (χ4v) is 2.10. The maximum atomic E-state index is 11.6. The van der Waals surface area contributed by atoms with E-state index in [9.17, 15) is 4.79 Å². The minimum Gasteiger partial charge on any atom is -0.459 e. The number of nitrogens with two attached hydrogens (primary N) is 1. The maximum absolute atomic E-state index is 11.6. The number of carbonyl (C=O) groups excluding carboxylic acids is 1. The van der Waals surface area contributed by atoms with Gasteiger partial charge in [0.2, 0.25) is 0 Å². The van der Waals surface area contributed by atoms with Crippen LogP contribution >= 0.6 is 11.3 Å². The molecule has 0 radical (unpaired) electrons. The minimum atomic E-state index is -0.320. The molecular weight excluding hydrogens is 198 g/mol. The molecule has 1 rings (SSSR count). The van der Waals surface area contributed by atoms with Crippen LogP contribution in [0.5, 0.6) is 0 Å². The Labute approximate surface area is 87.9 Å². The molecule has 0 aliphatic rings. The summed E-state index contributed by atoms with van der Waals surface area (Å²) >= 11 is 1.43. The second kappa shape index (κ2) is 4.00. The lowest BCUT2D eigenvalue weighted by Crippen LogP contribution is -2.13. The van der Waals surface area contributed by atoms with Crippen molar-refractivity contribution in [3.63, 3.8) is 0 Å². The van der Waals surface area contributed by atoms with E-state index >= 15 is 0 Å². The van der Waals surface area contributed by atoms with Crippen molar-refractivity contribution in [2.75, 3.05) is 5.73 Å². The Balaban J connectivity index is 3.00. The Bertz CT molecular complexity index is 355. The zero-order valence-electron chi connectivity index (χ0n) is 8.88. The van der Waals surface area contributed by atoms with E-state index in [1.165, 1.54) is 11.3 Å². The van der Waals surface area contributed by atoms with Gasteiger partial charge in [0.05, 0.1) is 11.7 Å². The van der Waals surface area contributed by atoms with Crippen molar-refractivity contribution in [2.45, 2.75) is 33.8 Å². The van der Waals surface area contributed by atoms with E-state index in [2.05, 4.69) is 0 Å². The zero-order chi connectivity index (χ0) is 10.9. The molecule has 1 heterocycles. The molecule has 0 spiro atoms. The van der Waals surface area contributed by atoms with Crippen molar-refractivity contribution < 1.29 is 9.53 Å². The van der Waals surface area contributed by atoms with E-state index in [0.717, 1.165) is 10.4 Å². The molecule has 0 saturated heterocycles. The first-order chi connectivity index (χ1) is 6.43. The summed E-state index contributed by atoms with van der Waals surface area (Å²) in [7, 11) is 0. The summed E-state index contributed by atoms with van der Waals surface area (Å²) in [4.78, 5) is 12.7. The Morgan fingerprint density at radius 1 is 1.43 bits per heavy atom. The number of ether oxygens (including phenoxy) is 1. The quantitative estimate of drug-likeness (QED) is 0.768. The summed E-state index contributed by atoms with van der Waals surface area (Å²) in [5.41, 5.74) is 7.19. The summed E-state index contributed by atoms with van der Waals surface area (Å²) in [6.07, 6.45) is -0.110. The van der Waals surface area contributed by atoms with Crippen LogP contribution in [-0.4, -0.2) is 12.1 Å². The standard InChI is InChI=1S/C10H15NO2S/c1-5(2)13-10(12)8-6(3)7(4)14-9(8)11/h5H,11H2,1-4H3. The Morgan fingerprint density at radius 3 is 2.36 bits per heavy atom. The average molecular weight is 213 g/mol. The molecule has 0 aliphatic carbocycles. The molecule has 0 aliphatic heterocycles. The molecule has 78 valence electrons. The predicted molar refractivity (Wildman–Crippen MR) is 58.8 cm³/mol. The van der Waals surface area contributed by atoms with E-state index < -0.39 is 0 Å². The smallest absolute Gasteiger partial charge is 0.341 e. The SMILES string of the molecule is Cc1sc(N)c(C(=O)OC(C)C)c1C. The molecule has 0 aromatic carbocycles. The third-order valence-corrected chi connectivity index (χ3v) is 3.00. The Hall–Kier alpha value is -1.03. The highest BCUT2D eigenvalue weighted by atomic mass is 32.1. The average Bonchev–Trinajstić information content (AvgIpc) is 2.25. The number of hydrogen-bond acceptors (Lipinski definition) is 4. The lowest BCUT2D eigenvalue weighted by molar-refractivity contribution is 0.0379. The van der Waals surface area contributed by atoms with Gasteiger partial charge < -0.3 is 10.5 Å². The lowest BCUT2D eigenvalue weighted by atomic mass is 10.1. The van der Waals surface area contributed by atoms with Gasteiger partial charge in [-0.3, -0.25) is 0 Å². The highest BCUT2D eigenvalue weighted by Crippen LogP contribution is 2.30. The maximum Gasteiger partial charge on any atom is 0.341 e. The van der Waals surface area contributed by atoms with Crippen LogP contribution in [0.4, 0.5) is 5.00 Å². The topological polar surface area (TPSA) is 52.3 Å². The number of carbonyl (C=O) groups is 1. The van der Waals surface area contributed by atoms with Gasteiger partial charge in [0.1, 0.15) is 5.00 Å². The molecule has 2 N–H and O–H groups in total. The Kier molecular flexibility index (Phi) is 3.16. The van der Waals surface area contributed by atoms with Crippen molar-refractivity contribution in [1.82, 2.24) is 0 Å². The van der Waals surface area contributed by atoms with Crippen LogP contribution in [0.3, 0.4) is 0 Å². The van der Waals surface area contributed by atoms with Crippen LogP contribution in [0.15, 0.2) is 0 Å². The highest BCUT2D eigenvalue weighted by Gasteiger charge is 2.19. The van der Waals surface area contributed by atoms with Crippen LogP contribution in [-0.2, 0) is 4.74 Å². The number of anilines is 1. The molecule has 0 saturated carbocycles. The van der Waals surface area contributed by atoms with Gasteiger partial charge in [-0.2, -0.15) is 0 Å². The number of hydrogen-bond donors (Lipinski definition) is 1. The first kappa shape index (κ1) is 11.0. The van der Waals surface area contributed by atoms with Crippen LogP contribution in [0.1, 0.15) is 34.6 Å². The summed E-state index contributed by atoms with van der Waals surface area (Å²) < 4.78 is 5.10. The molecule has 1 aromatic heterocycles. The van der Waals surface area contributed by atoms with Crippen molar-refractivity contribution in [1.29, 1.82) is 0 Å². The summed E-state index contributed by atoms with van der Waals surface area (Å²) in [5, 5.41) is 0.547. The van der Waals surface area contributed by atoms with Crippen LogP contribution < -0.4 is 5.73 Å². The van der Waals surface area contributed by atoms with E-state index in [1.807, 2.05) is 27.7 Å². The van der Waals surface area contributed by atoms with Crippen LogP contribution in [0, 0.1) is 13.8 Å². The third kappa shape index (κ3) is 2.07. The normalized spacial score (nSPS) is 10.6. The van der Waals surface area contributed by atoms with Crippen molar-refractivity contribution in [3.05, 3.63) is 16.0 Å². The molecule has 4 heteroatoms. The molecule has 14 heavy (non-hydrogen) atoms. The predicted octanol–water partition coefficient (Wildman–Crippen LogP) is 2.51. The first-order valence-electron chi connectivity index (χ1n) is 4.50. The van der Waals surface area contributed by atoms with E-state index in [0.29, 0.717) is 10.6 Å². The Morgan fingerprint density at radius 2 is 2.00 bits per heavy atom. The highest BCUT2D eigenvalue weighted by molar-refractivity contribution is 7.16. The molecule has 0 unspecified atom stereocenters. The van der Waals surface area contributed by atoms with Gasteiger partial charge in [0.15, 0.2) is 0 Å². The largest absolute Gasteiger partial charge is 0.459 e. The fraction of sp³-hybridized carbons (Fsp3) is 0.500. The second-order valence-corrected chi connectivity index (χ2v) is 4.73. The van der Waals surface area contributed by atoms with Gasteiger partial charge in [-0.15, -0.1) is 11.3 Å². The number of rotatable bonds is 2. The van der Waals surface area contributed by atoms with Gasteiger partial charge in [0.25, 0.3) is 0 Å². The number of thiophene rings is 1. The molecule has 0 bridgehead atoms. The number of nitrogen functional groups attached to an aromatic ring is 1. The van der Waals surface area contributed by atoms with Gasteiger partial charge in [0, 0.05) is 4.88 Å². The molecule has 1 aromatic rings. The van der Waals surface area contributed by atoms with Crippen LogP contribution in [0.25, 0.3) is 0 Å². The fourth-order valence-electron chi connectivity index (χ4n) is 1.18. The number of esters is 1. The minimum absolute atomic E-state index is 0.110. The summed E-state index contributed by atoms with van der Waals surface area (Å²) in [5.74, 6) is -0.320. The van der Waals surface area contributed by atoms with Crippen molar-refractivity contribution in [3.8, 4) is 0 Å². The van der Waals surface area contributed by atoms with Crippen molar-refractivity contribution >= 4 is 22.3 Å². The van der Waals surface area contributed by atoms with E-state index in [1.54, 1.807) is 0 Å². The zero-order valence-corrected chi connectivity index (χ0v) is 9.70. The lowest BCUT2D eigenvalue weighted by Gasteiger charge is -2.08. The molecule has 3 nitrogen and oxygen atoms in total. The van der Waals surface area contributed by atoms with E-state index in [-0.39, 0.29) is 12.1 Å². The molecule has 0 atom stereocenters. The number of aryl methyl sites for hydroxylation is 1. The molecular formula is C10H15NO2S. The molecule has 0 amide bonds. The van der Waals surface area contributed by atoms with Gasteiger partial charge >= 0.3 is 5.97 Å². The van der Waals surface area contributed by atoms with Gasteiger partial charge in [-0.1, -0.05) is 0 Å². The first-order valence-corrected chi connectivity index (χ1v) is 5.31. The summed E-state index contributed by atoms with van der Waals surface area (Å²) in [6, 6.07) is 0.